The van der Waals surface area contributed by atoms with Crippen LogP contribution in [0.4, 0.5) is 0 Å². The van der Waals surface area contributed by atoms with Gasteiger partial charge in [-0.3, -0.25) is 14.5 Å². The number of unbranched alkanes of at least 4 members (excludes halogenated alkanes) is 2. The molecule has 1 unspecified atom stereocenters. The third-order valence-electron chi connectivity index (χ3n) is 5.28. The van der Waals surface area contributed by atoms with Crippen LogP contribution in [0, 0.1) is 0 Å². The van der Waals surface area contributed by atoms with Crippen LogP contribution in [0.5, 0.6) is 0 Å². The number of sulfone groups is 1. The second-order valence-corrected chi connectivity index (χ2v) is 11.4. The molecule has 2 heterocycles. The lowest BCUT2D eigenvalue weighted by atomic mass is 10.1. The van der Waals surface area contributed by atoms with Crippen LogP contribution in [0.2, 0.25) is 0 Å². The molecule has 0 radical (unpaired) electrons. The van der Waals surface area contributed by atoms with Crippen molar-refractivity contribution in [3.8, 4) is 0 Å². The van der Waals surface area contributed by atoms with Crippen molar-refractivity contribution in [3.63, 3.8) is 0 Å². The van der Waals surface area contributed by atoms with Crippen molar-refractivity contribution in [3.05, 3.63) is 42.5 Å². The summed E-state index contributed by atoms with van der Waals surface area (Å²) in [6.07, 6.45) is 4.60. The number of hydrogen-bond acceptors (Lipinski definition) is 6. The Morgan fingerprint density at radius 1 is 1.20 bits per heavy atom. The van der Waals surface area contributed by atoms with E-state index in [1.807, 2.05) is 0 Å². The van der Waals surface area contributed by atoms with Crippen molar-refractivity contribution in [2.24, 2.45) is 4.99 Å². The highest BCUT2D eigenvalue weighted by Crippen LogP contribution is 2.22. The maximum Gasteiger partial charge on any atom is 0.263 e. The summed E-state index contributed by atoms with van der Waals surface area (Å²) >= 11 is 0. The van der Waals surface area contributed by atoms with Gasteiger partial charge in [-0.1, -0.05) is 24.6 Å². The Morgan fingerprint density at radius 2 is 1.97 bits per heavy atom. The van der Waals surface area contributed by atoms with E-state index in [1.54, 1.807) is 35.2 Å². The highest BCUT2D eigenvalue weighted by Gasteiger charge is 2.34. The zero-order chi connectivity index (χ0) is 21.8. The largest absolute Gasteiger partial charge is 0.335 e. The Balaban J connectivity index is 1.45. The zero-order valence-electron chi connectivity index (χ0n) is 16.8. The first-order valence-electron chi connectivity index (χ1n) is 10.0. The van der Waals surface area contributed by atoms with Gasteiger partial charge in [-0.05, 0) is 31.4 Å². The van der Waals surface area contributed by atoms with Gasteiger partial charge >= 0.3 is 0 Å². The van der Waals surface area contributed by atoms with E-state index in [1.165, 1.54) is 0 Å². The number of hydrogen-bond donors (Lipinski definition) is 1. The standard InChI is InChI=1S/C20H27N3O5S2/c1-2-13-23(16-11-14-29(25,26)15-16)19(24)10-4-3-7-12-21-20-17-8-5-6-9-18(17)30(27,28)22-20/h2,5-6,8-9,16H,1,3-4,7,10-15H2,(H,21,22). The van der Waals surface area contributed by atoms with E-state index >= 15 is 0 Å². The molecule has 0 spiro atoms. The van der Waals surface area contributed by atoms with Crippen molar-refractivity contribution in [2.75, 3.05) is 24.6 Å². The summed E-state index contributed by atoms with van der Waals surface area (Å²) in [4.78, 5) is 18.8. The quantitative estimate of drug-likeness (QED) is 0.450. The van der Waals surface area contributed by atoms with Crippen molar-refractivity contribution in [1.82, 2.24) is 9.62 Å². The Kier molecular flexibility index (Phi) is 6.97. The monoisotopic (exact) mass is 453 g/mol. The summed E-state index contributed by atoms with van der Waals surface area (Å²) in [5, 5.41) is 0. The number of carbonyl (C=O) groups is 1. The Morgan fingerprint density at radius 3 is 2.67 bits per heavy atom. The maximum absolute atomic E-state index is 12.6. The van der Waals surface area contributed by atoms with Crippen LogP contribution in [-0.4, -0.2) is 64.1 Å². The van der Waals surface area contributed by atoms with E-state index in [0.29, 0.717) is 43.8 Å². The number of nitrogens with one attached hydrogen (secondary N) is 1. The molecule has 1 aromatic carbocycles. The van der Waals surface area contributed by atoms with E-state index in [2.05, 4.69) is 16.3 Å². The lowest BCUT2D eigenvalue weighted by Gasteiger charge is -2.27. The summed E-state index contributed by atoms with van der Waals surface area (Å²) < 4.78 is 50.0. The molecule has 1 saturated heterocycles. The number of fused-ring (bicyclic) bond motifs is 1. The third kappa shape index (κ3) is 5.28. The number of amides is 1. The van der Waals surface area contributed by atoms with Gasteiger partial charge in [-0.2, -0.15) is 0 Å². The molecule has 1 atom stereocenters. The zero-order valence-corrected chi connectivity index (χ0v) is 18.4. The molecule has 1 aromatic rings. The molecule has 2 aliphatic heterocycles. The van der Waals surface area contributed by atoms with Crippen LogP contribution in [0.15, 0.2) is 46.8 Å². The van der Waals surface area contributed by atoms with Gasteiger partial charge in [-0.25, -0.2) is 16.8 Å². The smallest absolute Gasteiger partial charge is 0.263 e. The van der Waals surface area contributed by atoms with E-state index in [0.717, 1.165) is 12.8 Å². The Bertz CT molecular complexity index is 1050. The number of rotatable bonds is 9. The molecule has 10 heteroatoms. The van der Waals surface area contributed by atoms with Gasteiger partial charge in [0.25, 0.3) is 10.0 Å². The van der Waals surface area contributed by atoms with Crippen LogP contribution in [0.3, 0.4) is 0 Å². The topological polar surface area (TPSA) is 113 Å². The number of nitrogens with zero attached hydrogens (tertiary/aromatic N) is 2. The summed E-state index contributed by atoms with van der Waals surface area (Å²) in [5.41, 5.74) is 0.583. The number of sulfonamides is 1. The molecule has 0 bridgehead atoms. The van der Waals surface area contributed by atoms with E-state index in [-0.39, 0.29) is 28.4 Å². The predicted octanol–water partition coefficient (Wildman–Crippen LogP) is 1.49. The highest BCUT2D eigenvalue weighted by atomic mass is 32.2. The average Bonchev–Trinajstić information content (AvgIpc) is 3.18. The van der Waals surface area contributed by atoms with Crippen LogP contribution < -0.4 is 4.72 Å². The SMILES string of the molecule is C=CCN(C(=O)CCCCCN=C1NS(=O)(=O)c2ccccc21)C1CCS(=O)(=O)C1. The minimum absolute atomic E-state index is 0.0292. The fourth-order valence-electron chi connectivity index (χ4n) is 3.77. The first-order chi connectivity index (χ1) is 14.2. The molecule has 1 amide bonds. The molecule has 30 heavy (non-hydrogen) atoms. The second-order valence-electron chi connectivity index (χ2n) is 7.53. The second kappa shape index (κ2) is 9.30. The molecule has 1 fully saturated rings. The molecule has 164 valence electrons. The number of benzene rings is 1. The minimum atomic E-state index is -3.53. The van der Waals surface area contributed by atoms with Gasteiger partial charge < -0.3 is 4.90 Å². The number of carbonyl (C=O) groups excluding carboxylic acids is 1. The average molecular weight is 454 g/mol. The van der Waals surface area contributed by atoms with Gasteiger partial charge in [0.2, 0.25) is 5.91 Å². The van der Waals surface area contributed by atoms with Gasteiger partial charge in [0.15, 0.2) is 9.84 Å². The van der Waals surface area contributed by atoms with Crippen LogP contribution in [0.1, 0.15) is 37.7 Å². The molecule has 0 saturated carbocycles. The molecule has 1 N–H and O–H groups in total. The summed E-state index contributed by atoms with van der Waals surface area (Å²) in [5.74, 6) is 0.467. The summed E-state index contributed by atoms with van der Waals surface area (Å²) in [7, 11) is -6.58. The first-order valence-corrected chi connectivity index (χ1v) is 13.3. The van der Waals surface area contributed by atoms with Gasteiger partial charge in [0, 0.05) is 31.1 Å². The van der Waals surface area contributed by atoms with Crippen molar-refractivity contribution < 1.29 is 21.6 Å². The fraction of sp³-hybridized carbons (Fsp3) is 0.500. The van der Waals surface area contributed by atoms with Gasteiger partial charge in [-0.15, -0.1) is 6.58 Å². The molecular weight excluding hydrogens is 426 g/mol. The number of amidine groups is 1. The van der Waals surface area contributed by atoms with Gasteiger partial charge in [0.1, 0.15) is 5.84 Å². The molecule has 0 aliphatic carbocycles. The van der Waals surface area contributed by atoms with Gasteiger partial charge in [0.05, 0.1) is 16.4 Å². The highest BCUT2D eigenvalue weighted by molar-refractivity contribution is 7.91. The fourth-order valence-corrected chi connectivity index (χ4v) is 6.75. The van der Waals surface area contributed by atoms with E-state index < -0.39 is 19.9 Å². The van der Waals surface area contributed by atoms with Crippen LogP contribution in [-0.2, 0) is 24.7 Å². The maximum atomic E-state index is 12.6. The normalized spacial score (nSPS) is 22.4. The van der Waals surface area contributed by atoms with Crippen molar-refractivity contribution in [1.29, 1.82) is 0 Å². The molecule has 8 nitrogen and oxygen atoms in total. The van der Waals surface area contributed by atoms with Crippen LogP contribution in [0.25, 0.3) is 0 Å². The van der Waals surface area contributed by atoms with E-state index in [9.17, 15) is 21.6 Å². The predicted molar refractivity (Wildman–Crippen MR) is 116 cm³/mol. The summed E-state index contributed by atoms with van der Waals surface area (Å²) in [6, 6.07) is 6.46. The van der Waals surface area contributed by atoms with Crippen molar-refractivity contribution >= 4 is 31.6 Å². The molecular formula is C20H27N3O5S2. The molecule has 3 rings (SSSR count). The molecule has 2 aliphatic rings. The Hall–Kier alpha value is -2.20. The number of aliphatic imine (C=N–C) groups is 1. The first kappa shape index (κ1) is 22.5. The minimum Gasteiger partial charge on any atom is -0.335 e. The summed E-state index contributed by atoms with van der Waals surface area (Å²) in [6.45, 7) is 4.48. The van der Waals surface area contributed by atoms with E-state index in [4.69, 9.17) is 0 Å². The van der Waals surface area contributed by atoms with Crippen molar-refractivity contribution in [2.45, 2.75) is 43.0 Å². The lowest BCUT2D eigenvalue weighted by Crippen LogP contribution is -2.41. The van der Waals surface area contributed by atoms with Crippen LogP contribution >= 0.6 is 0 Å². The third-order valence-corrected chi connectivity index (χ3v) is 8.42. The molecule has 0 aromatic heterocycles. The Labute approximate surface area is 178 Å². The lowest BCUT2D eigenvalue weighted by molar-refractivity contribution is -0.132.